The zero-order valence-electron chi connectivity index (χ0n) is 14.2. The van der Waals surface area contributed by atoms with E-state index in [-0.39, 0.29) is 19.2 Å². The molecule has 2 N–H and O–H groups in total. The maximum Gasteiger partial charge on any atom is 0.231 e. The molecule has 2 aromatic heterocycles. The zero-order valence-corrected chi connectivity index (χ0v) is 15.8. The fourth-order valence-electron chi connectivity index (χ4n) is 2.83. The molecule has 5 rings (SSSR count). The van der Waals surface area contributed by atoms with Crippen LogP contribution < -0.4 is 14.8 Å². The van der Waals surface area contributed by atoms with E-state index >= 15 is 0 Å². The third kappa shape index (κ3) is 3.37. The molecular weight excluding hydrogens is 405 g/mol. The molecule has 1 aliphatic rings. The van der Waals surface area contributed by atoms with Gasteiger partial charge in [-0.2, -0.15) is 0 Å². The Morgan fingerprint density at radius 1 is 1.07 bits per heavy atom. The van der Waals surface area contributed by atoms with Crippen molar-refractivity contribution in [3.63, 3.8) is 0 Å². The van der Waals surface area contributed by atoms with Gasteiger partial charge in [0.15, 0.2) is 11.5 Å². The van der Waals surface area contributed by atoms with Gasteiger partial charge in [0.1, 0.15) is 5.82 Å². The number of nitrogens with one attached hydrogen (secondary N) is 2. The highest BCUT2D eigenvalue weighted by atomic mass is 35.5. The Kier molecular flexibility index (Phi) is 4.84. The molecule has 4 aromatic rings. The largest absolute Gasteiger partial charge is 0.454 e. The molecule has 0 amide bonds. The first-order chi connectivity index (χ1) is 13.3. The van der Waals surface area contributed by atoms with Gasteiger partial charge < -0.3 is 14.8 Å². The number of nitrogens with zero attached hydrogens (tertiary/aromatic N) is 5. The van der Waals surface area contributed by atoms with Crippen LogP contribution in [0.5, 0.6) is 11.5 Å². The second kappa shape index (κ2) is 7.45. The number of hydrogen-bond acceptors (Lipinski definition) is 8. The number of rotatable bonds is 4. The number of halogens is 2. The second-order valence-corrected chi connectivity index (χ2v) is 6.28. The van der Waals surface area contributed by atoms with Crippen molar-refractivity contribution in [3.05, 3.63) is 47.0 Å². The molecule has 0 unspecified atom stereocenters. The maximum atomic E-state index is 6.16. The van der Waals surface area contributed by atoms with E-state index in [0.717, 1.165) is 28.0 Å². The van der Waals surface area contributed by atoms with Gasteiger partial charge >= 0.3 is 0 Å². The standard InChI is InChI=1S/C17H12ClN7O2.ClH/c18-10-2-3-12-11(6-10)15(21-16(20-12)17-22-24-25-23-17)19-7-9-1-4-13-14(5-9)27-8-26-13;/h1-6H,7-8H2,(H,19,20,21)(H,22,23,24,25);1H. The number of aromatic nitrogens is 6. The molecule has 0 fully saturated rings. The van der Waals surface area contributed by atoms with Gasteiger partial charge in [0.2, 0.25) is 18.4 Å². The first kappa shape index (κ1) is 18.2. The molecule has 9 nitrogen and oxygen atoms in total. The van der Waals surface area contributed by atoms with Gasteiger partial charge in [-0.3, -0.25) is 0 Å². The van der Waals surface area contributed by atoms with Crippen molar-refractivity contribution in [1.82, 2.24) is 30.6 Å². The number of hydrogen-bond donors (Lipinski definition) is 2. The quantitative estimate of drug-likeness (QED) is 0.520. The van der Waals surface area contributed by atoms with E-state index in [4.69, 9.17) is 21.1 Å². The van der Waals surface area contributed by atoms with Crippen LogP contribution in [-0.2, 0) is 6.54 Å². The second-order valence-electron chi connectivity index (χ2n) is 5.85. The number of anilines is 1. The summed E-state index contributed by atoms with van der Waals surface area (Å²) in [5.74, 6) is 2.89. The summed E-state index contributed by atoms with van der Waals surface area (Å²) in [5, 5.41) is 18.5. The fourth-order valence-corrected chi connectivity index (χ4v) is 3.00. The minimum atomic E-state index is 0. The van der Waals surface area contributed by atoms with Crippen molar-refractivity contribution in [2.24, 2.45) is 0 Å². The summed E-state index contributed by atoms with van der Waals surface area (Å²) in [5.41, 5.74) is 1.75. The molecule has 0 bridgehead atoms. The lowest BCUT2D eigenvalue weighted by Crippen LogP contribution is -2.05. The van der Waals surface area contributed by atoms with E-state index in [1.807, 2.05) is 30.3 Å². The van der Waals surface area contributed by atoms with Crippen molar-refractivity contribution in [3.8, 4) is 23.1 Å². The van der Waals surface area contributed by atoms with Gasteiger partial charge in [-0.25, -0.2) is 15.1 Å². The summed E-state index contributed by atoms with van der Waals surface area (Å²) in [6.07, 6.45) is 0. The Morgan fingerprint density at radius 3 is 2.82 bits per heavy atom. The lowest BCUT2D eigenvalue weighted by atomic mass is 10.2. The Labute approximate surface area is 169 Å². The topological polar surface area (TPSA) is 111 Å². The molecule has 0 spiro atoms. The van der Waals surface area contributed by atoms with E-state index in [0.29, 0.717) is 29.0 Å². The highest BCUT2D eigenvalue weighted by Crippen LogP contribution is 2.33. The molecule has 0 atom stereocenters. The number of H-pyrrole nitrogens is 1. The predicted molar refractivity (Wildman–Crippen MR) is 105 cm³/mol. The summed E-state index contributed by atoms with van der Waals surface area (Å²) >= 11 is 6.16. The van der Waals surface area contributed by atoms with Crippen LogP contribution in [0.15, 0.2) is 36.4 Å². The highest BCUT2D eigenvalue weighted by Gasteiger charge is 2.15. The molecule has 0 aliphatic carbocycles. The van der Waals surface area contributed by atoms with Crippen molar-refractivity contribution < 1.29 is 9.47 Å². The summed E-state index contributed by atoms with van der Waals surface area (Å²) in [6, 6.07) is 11.2. The van der Waals surface area contributed by atoms with Crippen LogP contribution in [0.4, 0.5) is 5.82 Å². The van der Waals surface area contributed by atoms with Crippen molar-refractivity contribution in [2.75, 3.05) is 12.1 Å². The lowest BCUT2D eigenvalue weighted by molar-refractivity contribution is 0.174. The van der Waals surface area contributed by atoms with Crippen LogP contribution in [0.3, 0.4) is 0 Å². The van der Waals surface area contributed by atoms with Crippen LogP contribution in [0, 0.1) is 0 Å². The molecule has 0 saturated heterocycles. The zero-order chi connectivity index (χ0) is 18.2. The van der Waals surface area contributed by atoms with Crippen molar-refractivity contribution >= 4 is 40.7 Å². The molecule has 0 saturated carbocycles. The molecular formula is C17H13Cl2N7O2. The van der Waals surface area contributed by atoms with E-state index in [1.54, 1.807) is 6.07 Å². The van der Waals surface area contributed by atoms with Gasteiger partial charge in [-0.05, 0) is 46.3 Å². The number of ether oxygens (including phenoxy) is 2. The van der Waals surface area contributed by atoms with Crippen LogP contribution in [0.2, 0.25) is 5.02 Å². The lowest BCUT2D eigenvalue weighted by Gasteiger charge is -2.11. The van der Waals surface area contributed by atoms with E-state index in [9.17, 15) is 0 Å². The fraction of sp³-hybridized carbons (Fsp3) is 0.118. The maximum absolute atomic E-state index is 6.16. The van der Waals surface area contributed by atoms with E-state index in [2.05, 4.69) is 35.9 Å². The molecule has 2 aromatic carbocycles. The molecule has 1 aliphatic heterocycles. The molecule has 142 valence electrons. The van der Waals surface area contributed by atoms with Crippen LogP contribution >= 0.6 is 24.0 Å². The Bertz CT molecular complexity index is 1140. The summed E-state index contributed by atoms with van der Waals surface area (Å²) in [7, 11) is 0. The summed E-state index contributed by atoms with van der Waals surface area (Å²) in [6.45, 7) is 0.777. The normalized spacial score (nSPS) is 12.0. The van der Waals surface area contributed by atoms with Crippen LogP contribution in [0.25, 0.3) is 22.6 Å². The van der Waals surface area contributed by atoms with Gasteiger partial charge in [0, 0.05) is 17.0 Å². The minimum absolute atomic E-state index is 0. The number of aromatic amines is 1. The smallest absolute Gasteiger partial charge is 0.231 e. The number of tetrazole rings is 1. The summed E-state index contributed by atoms with van der Waals surface area (Å²) in [4.78, 5) is 9.06. The Hall–Kier alpha value is -3.17. The molecule has 0 radical (unpaired) electrons. The third-order valence-corrected chi connectivity index (χ3v) is 4.35. The van der Waals surface area contributed by atoms with Crippen LogP contribution in [-0.4, -0.2) is 37.4 Å². The van der Waals surface area contributed by atoms with Crippen molar-refractivity contribution in [1.29, 1.82) is 0 Å². The molecule has 11 heteroatoms. The van der Waals surface area contributed by atoms with Gasteiger partial charge in [0.05, 0.1) is 5.52 Å². The average Bonchev–Trinajstić information content (AvgIpc) is 3.37. The Balaban J connectivity index is 0.00000192. The van der Waals surface area contributed by atoms with E-state index in [1.165, 1.54) is 0 Å². The van der Waals surface area contributed by atoms with Gasteiger partial charge in [-0.15, -0.1) is 17.5 Å². The van der Waals surface area contributed by atoms with Gasteiger partial charge in [-0.1, -0.05) is 17.7 Å². The summed E-state index contributed by atoms with van der Waals surface area (Å²) < 4.78 is 10.8. The predicted octanol–water partition coefficient (Wildman–Crippen LogP) is 3.23. The van der Waals surface area contributed by atoms with Crippen LogP contribution in [0.1, 0.15) is 5.56 Å². The number of fused-ring (bicyclic) bond motifs is 2. The minimum Gasteiger partial charge on any atom is -0.454 e. The van der Waals surface area contributed by atoms with Crippen molar-refractivity contribution in [2.45, 2.75) is 6.54 Å². The Morgan fingerprint density at radius 2 is 1.96 bits per heavy atom. The number of benzene rings is 2. The first-order valence-electron chi connectivity index (χ1n) is 8.10. The molecule has 28 heavy (non-hydrogen) atoms. The van der Waals surface area contributed by atoms with E-state index < -0.39 is 0 Å². The van der Waals surface area contributed by atoms with Gasteiger partial charge in [0.25, 0.3) is 0 Å². The molecule has 3 heterocycles. The highest BCUT2D eigenvalue weighted by molar-refractivity contribution is 6.31. The average molecular weight is 418 g/mol. The first-order valence-corrected chi connectivity index (χ1v) is 8.48. The third-order valence-electron chi connectivity index (χ3n) is 4.11. The SMILES string of the molecule is Cl.Clc1ccc2nc(-c3nnn[nH]3)nc(NCc3ccc4c(c3)OCO4)c2c1. The monoisotopic (exact) mass is 417 g/mol.